The number of benzene rings is 2. The van der Waals surface area contributed by atoms with Gasteiger partial charge in [0.2, 0.25) is 0 Å². The minimum atomic E-state index is -4.08. The van der Waals surface area contributed by atoms with Crippen molar-refractivity contribution in [2.75, 3.05) is 18.0 Å². The van der Waals surface area contributed by atoms with Crippen molar-refractivity contribution in [2.45, 2.75) is 4.90 Å². The largest absolute Gasteiger partial charge is 0.495 e. The van der Waals surface area contributed by atoms with Gasteiger partial charge in [-0.05, 0) is 36.4 Å². The Balaban J connectivity index is 2.58. The smallest absolute Gasteiger partial charge is 0.324 e. The van der Waals surface area contributed by atoms with E-state index in [0.29, 0.717) is 5.02 Å². The average molecular weight is 356 g/mol. The summed E-state index contributed by atoms with van der Waals surface area (Å²) in [5.41, 5.74) is 0.146. The van der Waals surface area contributed by atoms with E-state index in [-0.39, 0.29) is 16.3 Å². The summed E-state index contributed by atoms with van der Waals surface area (Å²) in [6, 6.07) is 11.8. The summed E-state index contributed by atoms with van der Waals surface area (Å²) in [6.07, 6.45) is 0. The van der Waals surface area contributed by atoms with Crippen LogP contribution in [0.5, 0.6) is 5.75 Å². The van der Waals surface area contributed by atoms with Crippen molar-refractivity contribution in [3.8, 4) is 5.75 Å². The van der Waals surface area contributed by atoms with Crippen LogP contribution in [0.15, 0.2) is 53.4 Å². The van der Waals surface area contributed by atoms with Crippen LogP contribution in [0.4, 0.5) is 5.69 Å². The van der Waals surface area contributed by atoms with Gasteiger partial charge in [-0.15, -0.1) is 0 Å². The number of rotatable bonds is 6. The Morgan fingerprint density at radius 3 is 2.35 bits per heavy atom. The van der Waals surface area contributed by atoms with Gasteiger partial charge in [-0.25, -0.2) is 8.42 Å². The Bertz CT molecular complexity index is 805. The van der Waals surface area contributed by atoms with Crippen LogP contribution in [0.1, 0.15) is 0 Å². The average Bonchev–Trinajstić information content (AvgIpc) is 2.52. The summed E-state index contributed by atoms with van der Waals surface area (Å²) in [6.45, 7) is -0.731. The highest BCUT2D eigenvalue weighted by Crippen LogP contribution is 2.32. The lowest BCUT2D eigenvalue weighted by Gasteiger charge is -2.24. The molecule has 8 heteroatoms. The number of ether oxygens (including phenoxy) is 1. The Hall–Kier alpha value is -2.25. The second-order valence-corrected chi connectivity index (χ2v) is 6.83. The SMILES string of the molecule is COc1ccccc1N(CC(=O)O)S(=O)(=O)c1ccc(Cl)cc1. The molecule has 0 heterocycles. The summed E-state index contributed by atoms with van der Waals surface area (Å²) in [4.78, 5) is 11.1. The number of sulfonamides is 1. The monoisotopic (exact) mass is 355 g/mol. The molecule has 2 rings (SSSR count). The van der Waals surface area contributed by atoms with Gasteiger partial charge in [0.1, 0.15) is 12.3 Å². The highest BCUT2D eigenvalue weighted by molar-refractivity contribution is 7.92. The van der Waals surface area contributed by atoms with Gasteiger partial charge in [0.15, 0.2) is 0 Å². The highest BCUT2D eigenvalue weighted by atomic mass is 35.5. The third-order valence-electron chi connectivity index (χ3n) is 3.03. The Kier molecular flexibility index (Phi) is 5.12. The van der Waals surface area contributed by atoms with Crippen molar-refractivity contribution >= 4 is 33.3 Å². The maximum absolute atomic E-state index is 12.8. The number of aliphatic carboxylic acids is 1. The first kappa shape index (κ1) is 17.1. The van der Waals surface area contributed by atoms with Crippen LogP contribution in [-0.2, 0) is 14.8 Å². The zero-order chi connectivity index (χ0) is 17.0. The molecular weight excluding hydrogens is 342 g/mol. The van der Waals surface area contributed by atoms with E-state index in [9.17, 15) is 13.2 Å². The van der Waals surface area contributed by atoms with Crippen molar-refractivity contribution < 1.29 is 23.1 Å². The van der Waals surface area contributed by atoms with Gasteiger partial charge >= 0.3 is 5.97 Å². The molecule has 1 N–H and O–H groups in total. The summed E-state index contributed by atoms with van der Waals surface area (Å²) >= 11 is 5.77. The fraction of sp³-hybridized carbons (Fsp3) is 0.133. The summed E-state index contributed by atoms with van der Waals surface area (Å²) < 4.78 is 31.6. The number of anilines is 1. The van der Waals surface area contributed by atoms with Crippen molar-refractivity contribution in [1.82, 2.24) is 0 Å². The first-order valence-electron chi connectivity index (χ1n) is 6.49. The molecule has 2 aromatic rings. The zero-order valence-corrected chi connectivity index (χ0v) is 13.7. The molecule has 6 nitrogen and oxygen atoms in total. The molecule has 0 amide bonds. The predicted octanol–water partition coefficient (Wildman–Crippen LogP) is 2.63. The molecule has 23 heavy (non-hydrogen) atoms. The van der Waals surface area contributed by atoms with E-state index in [0.717, 1.165) is 4.31 Å². The van der Waals surface area contributed by atoms with E-state index in [1.165, 1.54) is 37.4 Å². The van der Waals surface area contributed by atoms with Gasteiger partial charge < -0.3 is 9.84 Å². The number of carboxylic acid groups (broad SMARTS) is 1. The second kappa shape index (κ2) is 6.89. The first-order valence-corrected chi connectivity index (χ1v) is 8.31. The molecule has 0 spiro atoms. The number of nitrogens with zero attached hydrogens (tertiary/aromatic N) is 1. The topological polar surface area (TPSA) is 83.9 Å². The van der Waals surface area contributed by atoms with Gasteiger partial charge in [-0.3, -0.25) is 9.10 Å². The van der Waals surface area contributed by atoms with Crippen LogP contribution in [-0.4, -0.2) is 33.1 Å². The lowest BCUT2D eigenvalue weighted by atomic mass is 10.3. The molecule has 0 unspecified atom stereocenters. The molecule has 0 radical (unpaired) electrons. The third kappa shape index (κ3) is 3.75. The molecule has 0 aromatic heterocycles. The molecule has 0 fully saturated rings. The lowest BCUT2D eigenvalue weighted by molar-refractivity contribution is -0.135. The minimum Gasteiger partial charge on any atom is -0.495 e. The van der Waals surface area contributed by atoms with Crippen molar-refractivity contribution in [3.63, 3.8) is 0 Å². The number of para-hydroxylation sites is 2. The van der Waals surface area contributed by atoms with Crippen LogP contribution < -0.4 is 9.04 Å². The number of hydrogen-bond donors (Lipinski definition) is 1. The fourth-order valence-electron chi connectivity index (χ4n) is 1.99. The quantitative estimate of drug-likeness (QED) is 0.861. The van der Waals surface area contributed by atoms with Gasteiger partial charge in [-0.2, -0.15) is 0 Å². The Morgan fingerprint density at radius 1 is 1.17 bits per heavy atom. The summed E-state index contributed by atoms with van der Waals surface area (Å²) in [5.74, 6) is -1.03. The van der Waals surface area contributed by atoms with E-state index in [1.54, 1.807) is 18.2 Å². The van der Waals surface area contributed by atoms with Crippen LogP contribution in [0.3, 0.4) is 0 Å². The van der Waals surface area contributed by atoms with E-state index in [2.05, 4.69) is 0 Å². The normalized spacial score (nSPS) is 11.0. The molecule has 0 saturated carbocycles. The van der Waals surface area contributed by atoms with Crippen LogP contribution >= 0.6 is 11.6 Å². The van der Waals surface area contributed by atoms with Crippen molar-refractivity contribution in [1.29, 1.82) is 0 Å². The molecule has 0 aliphatic heterocycles. The Morgan fingerprint density at radius 2 is 1.78 bits per heavy atom. The molecule has 122 valence electrons. The van der Waals surface area contributed by atoms with Gasteiger partial charge in [0.05, 0.1) is 17.7 Å². The van der Waals surface area contributed by atoms with E-state index >= 15 is 0 Å². The third-order valence-corrected chi connectivity index (χ3v) is 5.06. The highest BCUT2D eigenvalue weighted by Gasteiger charge is 2.29. The zero-order valence-electron chi connectivity index (χ0n) is 12.1. The number of halogens is 1. The molecule has 0 aliphatic carbocycles. The van der Waals surface area contributed by atoms with Gasteiger partial charge in [0.25, 0.3) is 10.0 Å². The molecule has 0 saturated heterocycles. The molecular formula is C15H14ClNO5S. The number of methoxy groups -OCH3 is 1. The Labute approximate surface area is 138 Å². The first-order chi connectivity index (χ1) is 10.9. The summed E-state index contributed by atoms with van der Waals surface area (Å²) in [7, 11) is -2.70. The van der Waals surface area contributed by atoms with Crippen molar-refractivity contribution in [3.05, 3.63) is 53.6 Å². The standard InChI is InChI=1S/C15H14ClNO5S/c1-22-14-5-3-2-4-13(14)17(10-15(18)19)23(20,21)12-8-6-11(16)7-9-12/h2-9H,10H2,1H3,(H,18,19). The molecule has 2 aromatic carbocycles. The van der Waals surface area contributed by atoms with Crippen LogP contribution in [0, 0.1) is 0 Å². The van der Waals surface area contributed by atoms with Crippen LogP contribution in [0.25, 0.3) is 0 Å². The molecule has 0 bridgehead atoms. The van der Waals surface area contributed by atoms with Gasteiger partial charge in [-0.1, -0.05) is 23.7 Å². The number of hydrogen-bond acceptors (Lipinski definition) is 4. The lowest BCUT2D eigenvalue weighted by Crippen LogP contribution is -2.36. The number of carboxylic acids is 1. The van der Waals surface area contributed by atoms with Crippen LogP contribution in [0.2, 0.25) is 5.02 Å². The maximum Gasteiger partial charge on any atom is 0.324 e. The predicted molar refractivity (Wildman–Crippen MR) is 86.6 cm³/mol. The van der Waals surface area contributed by atoms with E-state index in [4.69, 9.17) is 21.4 Å². The summed E-state index contributed by atoms with van der Waals surface area (Å²) in [5, 5.41) is 9.48. The van der Waals surface area contributed by atoms with E-state index < -0.39 is 22.5 Å². The molecule has 0 aliphatic rings. The minimum absolute atomic E-state index is 0.0611. The fourth-order valence-corrected chi connectivity index (χ4v) is 3.54. The van der Waals surface area contributed by atoms with E-state index in [1.807, 2.05) is 0 Å². The second-order valence-electron chi connectivity index (χ2n) is 4.53. The van der Waals surface area contributed by atoms with Gasteiger partial charge in [0, 0.05) is 5.02 Å². The number of carbonyl (C=O) groups is 1. The molecule has 0 atom stereocenters. The maximum atomic E-state index is 12.8. The van der Waals surface area contributed by atoms with Crippen molar-refractivity contribution in [2.24, 2.45) is 0 Å².